The van der Waals surface area contributed by atoms with Crippen molar-refractivity contribution in [2.45, 2.75) is 59.7 Å². The highest BCUT2D eigenvalue weighted by Crippen LogP contribution is 2.22. The number of imidazole rings is 1. The standard InChI is InChI=1S/C22H26N6O4/c1-4-7-10-15-18(29)27(13-14-9-8-11-23-12-14)21-24-17-16(28(21)19(15)30)20(31)26(6-3)22(32)25(17)5-2/h8-9,11-12,29H,4-7,10,13H2,1-3H3. The Bertz CT molecular complexity index is 1480. The van der Waals surface area contributed by atoms with E-state index in [9.17, 15) is 19.5 Å². The number of nitrogens with zero attached hydrogens (tertiary/aromatic N) is 6. The van der Waals surface area contributed by atoms with Crippen LogP contribution < -0.4 is 16.8 Å². The Morgan fingerprint density at radius 3 is 2.38 bits per heavy atom. The molecule has 0 saturated carbocycles. The molecule has 0 aliphatic rings. The third-order valence-corrected chi connectivity index (χ3v) is 5.71. The Balaban J connectivity index is 2.19. The zero-order chi connectivity index (χ0) is 23.0. The van der Waals surface area contributed by atoms with Crippen LogP contribution in [0, 0.1) is 0 Å². The summed E-state index contributed by atoms with van der Waals surface area (Å²) >= 11 is 0. The Morgan fingerprint density at radius 1 is 1.00 bits per heavy atom. The normalized spacial score (nSPS) is 11.6. The molecular weight excluding hydrogens is 412 g/mol. The molecule has 168 valence electrons. The summed E-state index contributed by atoms with van der Waals surface area (Å²) in [7, 11) is 0. The van der Waals surface area contributed by atoms with Gasteiger partial charge in [0.1, 0.15) is 0 Å². The fraction of sp³-hybridized carbons (Fsp3) is 0.409. The minimum absolute atomic E-state index is 0.0472. The minimum Gasteiger partial charge on any atom is -0.494 e. The number of aryl methyl sites for hydroxylation is 1. The molecule has 0 aliphatic heterocycles. The van der Waals surface area contributed by atoms with Gasteiger partial charge >= 0.3 is 5.69 Å². The third kappa shape index (κ3) is 3.22. The molecule has 0 bridgehead atoms. The topological polar surface area (TPSA) is 116 Å². The van der Waals surface area contributed by atoms with Gasteiger partial charge in [-0.05, 0) is 38.3 Å². The molecule has 1 N–H and O–H groups in total. The maximum Gasteiger partial charge on any atom is 0.332 e. The molecule has 4 rings (SSSR count). The number of hydrogen-bond acceptors (Lipinski definition) is 6. The van der Waals surface area contributed by atoms with Gasteiger partial charge in [-0.3, -0.25) is 28.3 Å². The maximum atomic E-state index is 13.5. The molecule has 4 heterocycles. The average molecular weight is 438 g/mol. The van der Waals surface area contributed by atoms with Crippen molar-refractivity contribution in [1.29, 1.82) is 0 Å². The summed E-state index contributed by atoms with van der Waals surface area (Å²) in [5.74, 6) is -0.0736. The SMILES string of the molecule is CCCCc1c(O)n(Cc2cccnc2)c2nc3c(c(=O)n(CC)c(=O)n3CC)n2c1=O. The lowest BCUT2D eigenvalue weighted by atomic mass is 10.1. The molecule has 0 atom stereocenters. The highest BCUT2D eigenvalue weighted by Gasteiger charge is 2.24. The number of unbranched alkanes of at least 4 members (excludes halogenated alkanes) is 1. The van der Waals surface area contributed by atoms with E-state index in [2.05, 4.69) is 9.97 Å². The number of aromatic hydroxyl groups is 1. The van der Waals surface area contributed by atoms with Crippen LogP contribution in [0.3, 0.4) is 0 Å². The van der Waals surface area contributed by atoms with Crippen LogP contribution in [0.25, 0.3) is 16.9 Å². The van der Waals surface area contributed by atoms with Crippen molar-refractivity contribution in [2.24, 2.45) is 0 Å². The lowest BCUT2D eigenvalue weighted by Crippen LogP contribution is -2.40. The van der Waals surface area contributed by atoms with Crippen molar-refractivity contribution >= 4 is 16.9 Å². The fourth-order valence-corrected chi connectivity index (χ4v) is 4.05. The molecule has 0 amide bonds. The number of hydrogen-bond donors (Lipinski definition) is 1. The van der Waals surface area contributed by atoms with Crippen LogP contribution in [-0.4, -0.2) is 33.2 Å². The predicted octanol–water partition coefficient (Wildman–Crippen LogP) is 1.50. The Labute approximate surface area is 183 Å². The first-order valence-corrected chi connectivity index (χ1v) is 10.8. The number of fused-ring (bicyclic) bond motifs is 3. The molecule has 10 heteroatoms. The van der Waals surface area contributed by atoms with E-state index >= 15 is 0 Å². The molecule has 0 saturated heterocycles. The highest BCUT2D eigenvalue weighted by molar-refractivity contribution is 5.75. The number of pyridine rings is 1. The van der Waals surface area contributed by atoms with Gasteiger partial charge in [-0.1, -0.05) is 19.4 Å². The van der Waals surface area contributed by atoms with Gasteiger partial charge in [-0.15, -0.1) is 0 Å². The van der Waals surface area contributed by atoms with Crippen molar-refractivity contribution in [3.05, 3.63) is 66.8 Å². The van der Waals surface area contributed by atoms with Gasteiger partial charge in [-0.25, -0.2) is 9.20 Å². The first-order valence-electron chi connectivity index (χ1n) is 10.8. The molecule has 32 heavy (non-hydrogen) atoms. The van der Waals surface area contributed by atoms with E-state index < -0.39 is 16.8 Å². The number of aromatic nitrogens is 6. The summed E-state index contributed by atoms with van der Waals surface area (Å²) in [6, 6.07) is 3.63. The van der Waals surface area contributed by atoms with Crippen LogP contribution in [0.2, 0.25) is 0 Å². The summed E-state index contributed by atoms with van der Waals surface area (Å²) in [5.41, 5.74) is -0.335. The molecule has 0 unspecified atom stereocenters. The number of rotatable bonds is 7. The van der Waals surface area contributed by atoms with Crippen molar-refractivity contribution in [3.8, 4) is 5.88 Å². The second kappa shape index (κ2) is 8.45. The van der Waals surface area contributed by atoms with Crippen LogP contribution in [0.15, 0.2) is 38.9 Å². The van der Waals surface area contributed by atoms with Gasteiger partial charge in [0.15, 0.2) is 11.2 Å². The molecule has 4 aromatic rings. The van der Waals surface area contributed by atoms with Crippen molar-refractivity contribution in [3.63, 3.8) is 0 Å². The van der Waals surface area contributed by atoms with E-state index in [-0.39, 0.29) is 48.0 Å². The van der Waals surface area contributed by atoms with E-state index in [0.29, 0.717) is 12.8 Å². The monoisotopic (exact) mass is 438 g/mol. The molecule has 0 aliphatic carbocycles. The summed E-state index contributed by atoms with van der Waals surface area (Å²) in [4.78, 5) is 48.1. The fourth-order valence-electron chi connectivity index (χ4n) is 4.05. The van der Waals surface area contributed by atoms with Crippen molar-refractivity contribution < 1.29 is 5.11 Å². The first kappa shape index (κ1) is 21.5. The van der Waals surface area contributed by atoms with Gasteiger partial charge in [0, 0.05) is 25.5 Å². The third-order valence-electron chi connectivity index (χ3n) is 5.71. The molecular formula is C22H26N6O4. The summed E-state index contributed by atoms with van der Waals surface area (Å²) < 4.78 is 5.23. The van der Waals surface area contributed by atoms with Crippen LogP contribution in [0.5, 0.6) is 5.88 Å². The summed E-state index contributed by atoms with van der Waals surface area (Å²) in [5, 5.41) is 11.1. The van der Waals surface area contributed by atoms with Crippen LogP contribution in [0.4, 0.5) is 0 Å². The highest BCUT2D eigenvalue weighted by atomic mass is 16.3. The van der Waals surface area contributed by atoms with E-state index in [1.165, 1.54) is 13.5 Å². The molecule has 4 aromatic heterocycles. The van der Waals surface area contributed by atoms with Gasteiger partial charge in [0.05, 0.1) is 12.1 Å². The molecule has 0 aromatic carbocycles. The lowest BCUT2D eigenvalue weighted by molar-refractivity contribution is 0.410. The Kier molecular flexibility index (Phi) is 5.68. The zero-order valence-corrected chi connectivity index (χ0v) is 18.4. The van der Waals surface area contributed by atoms with Gasteiger partial charge < -0.3 is 5.11 Å². The van der Waals surface area contributed by atoms with Gasteiger partial charge in [0.2, 0.25) is 11.7 Å². The van der Waals surface area contributed by atoms with Gasteiger partial charge in [-0.2, -0.15) is 4.98 Å². The smallest absolute Gasteiger partial charge is 0.332 e. The second-order valence-electron chi connectivity index (χ2n) is 7.65. The van der Waals surface area contributed by atoms with E-state index in [0.717, 1.165) is 16.6 Å². The van der Waals surface area contributed by atoms with Gasteiger partial charge in [0.25, 0.3) is 11.1 Å². The van der Waals surface area contributed by atoms with E-state index in [1.54, 1.807) is 32.3 Å². The second-order valence-corrected chi connectivity index (χ2v) is 7.65. The van der Waals surface area contributed by atoms with Crippen molar-refractivity contribution in [2.75, 3.05) is 0 Å². The molecule has 0 spiro atoms. The molecule has 0 fully saturated rings. The predicted molar refractivity (Wildman–Crippen MR) is 120 cm³/mol. The van der Waals surface area contributed by atoms with E-state index in [1.807, 2.05) is 13.0 Å². The quantitative estimate of drug-likeness (QED) is 0.467. The summed E-state index contributed by atoms with van der Waals surface area (Å²) in [6.45, 7) is 6.13. The van der Waals surface area contributed by atoms with E-state index in [4.69, 9.17) is 0 Å². The summed E-state index contributed by atoms with van der Waals surface area (Å²) in [6.07, 6.45) is 5.20. The lowest BCUT2D eigenvalue weighted by Gasteiger charge is -2.14. The van der Waals surface area contributed by atoms with Crippen LogP contribution in [0.1, 0.15) is 44.7 Å². The first-order chi connectivity index (χ1) is 15.4. The minimum atomic E-state index is -0.568. The van der Waals surface area contributed by atoms with Crippen LogP contribution >= 0.6 is 0 Å². The van der Waals surface area contributed by atoms with Crippen molar-refractivity contribution in [1.82, 2.24) is 28.1 Å². The molecule has 10 nitrogen and oxygen atoms in total. The Hall–Kier alpha value is -3.69. The molecule has 0 radical (unpaired) electrons. The van der Waals surface area contributed by atoms with Crippen LogP contribution in [-0.2, 0) is 26.1 Å². The maximum absolute atomic E-state index is 13.5. The largest absolute Gasteiger partial charge is 0.494 e. The average Bonchev–Trinajstić information content (AvgIpc) is 3.19. The Morgan fingerprint density at radius 2 is 1.75 bits per heavy atom. The zero-order valence-electron chi connectivity index (χ0n) is 18.4.